The van der Waals surface area contributed by atoms with Gasteiger partial charge in [0, 0.05) is 30.8 Å². The van der Waals surface area contributed by atoms with Gasteiger partial charge in [-0.15, -0.1) is 5.10 Å². The van der Waals surface area contributed by atoms with Crippen LogP contribution in [0.2, 0.25) is 0 Å². The molecule has 0 N–H and O–H groups in total. The summed E-state index contributed by atoms with van der Waals surface area (Å²) in [4.78, 5) is 6.86. The molecule has 0 aliphatic carbocycles. The lowest BCUT2D eigenvalue weighted by Crippen LogP contribution is -2.32. The van der Waals surface area contributed by atoms with Crippen molar-refractivity contribution in [2.45, 2.75) is 25.3 Å². The largest absolute Gasteiger partial charge is 0.477 e. The molecule has 1 aliphatic heterocycles. The van der Waals surface area contributed by atoms with Gasteiger partial charge >= 0.3 is 0 Å². The smallest absolute Gasteiger partial charge is 0.231 e. The van der Waals surface area contributed by atoms with Gasteiger partial charge in [0.25, 0.3) is 0 Å². The van der Waals surface area contributed by atoms with Crippen molar-refractivity contribution in [1.82, 2.24) is 14.6 Å². The number of hydrogen-bond acceptors (Lipinski definition) is 10. The first-order valence-corrected chi connectivity index (χ1v) is 12.7. The second-order valence-corrected chi connectivity index (χ2v) is 9.48. The minimum Gasteiger partial charge on any atom is -0.477 e. The highest BCUT2D eigenvalue weighted by Gasteiger charge is 2.27. The summed E-state index contributed by atoms with van der Waals surface area (Å²) >= 11 is 0. The zero-order valence-corrected chi connectivity index (χ0v) is 20.1. The van der Waals surface area contributed by atoms with E-state index in [2.05, 4.69) is 25.4 Å². The van der Waals surface area contributed by atoms with Crippen LogP contribution in [0.5, 0.6) is 5.88 Å². The number of hydrogen-bond donors (Lipinski definition) is 0. The number of furan rings is 1. The van der Waals surface area contributed by atoms with Gasteiger partial charge in [-0.05, 0) is 43.5 Å². The van der Waals surface area contributed by atoms with E-state index >= 15 is 0 Å². The Kier molecular flexibility index (Phi) is 6.83. The van der Waals surface area contributed by atoms with Crippen LogP contribution in [0.25, 0.3) is 28.1 Å². The van der Waals surface area contributed by atoms with Crippen LogP contribution in [-0.4, -0.2) is 53.3 Å². The predicted octanol–water partition coefficient (Wildman–Crippen LogP) is 4.16. The second kappa shape index (κ2) is 10.3. The molecule has 0 spiro atoms. The minimum atomic E-state index is -1.51. The number of imidazole rings is 1. The number of benzene rings is 1. The van der Waals surface area contributed by atoms with Crippen LogP contribution >= 0.6 is 0 Å². The fraction of sp³-hybridized carbons (Fsp3) is 0.375. The molecule has 1 saturated heterocycles. The molecule has 3 aromatic heterocycles. The summed E-state index contributed by atoms with van der Waals surface area (Å²) in [5.74, 6) is 1.34. The Morgan fingerprint density at radius 1 is 1.34 bits per heavy atom. The maximum Gasteiger partial charge on any atom is 0.231 e. The number of ether oxygens (including phenoxy) is 2. The molecule has 182 valence electrons. The molecule has 4 aromatic rings. The molecular weight excluding hydrogens is 468 g/mol. The van der Waals surface area contributed by atoms with Gasteiger partial charge in [0.05, 0.1) is 25.5 Å². The Morgan fingerprint density at radius 3 is 3.11 bits per heavy atom. The third-order valence-electron chi connectivity index (χ3n) is 6.03. The van der Waals surface area contributed by atoms with E-state index in [4.69, 9.17) is 19.2 Å². The summed E-state index contributed by atoms with van der Waals surface area (Å²) in [6.45, 7) is 2.00. The maximum atomic E-state index is 11.4. The van der Waals surface area contributed by atoms with Crippen LogP contribution in [0.3, 0.4) is 0 Å². The lowest BCUT2D eigenvalue weighted by molar-refractivity contribution is 0.181. The van der Waals surface area contributed by atoms with E-state index in [1.54, 1.807) is 30.1 Å². The zero-order chi connectivity index (χ0) is 24.2. The standard InChI is InChI=1S/C24H25N6O4S/c1-32-15-17-5-3-10-29(17)19-6-2-7-21-18(19)13-22(34-21)20-14-26-23-8-9-24(28-30(20)23)33-11-4-12-35(31)27-16-25/h2,6-9,13-14,17H,3-5,10-12,15H2,1H3/q-1/t17-/m1/s1. The summed E-state index contributed by atoms with van der Waals surface area (Å²) in [5.41, 5.74) is 3.33. The van der Waals surface area contributed by atoms with Crippen LogP contribution in [0.1, 0.15) is 19.3 Å². The normalized spacial score (nSPS) is 16.8. The first kappa shape index (κ1) is 23.1. The highest BCUT2D eigenvalue weighted by molar-refractivity contribution is 7.74. The van der Waals surface area contributed by atoms with Crippen molar-refractivity contribution in [3.05, 3.63) is 42.6 Å². The Hall–Kier alpha value is -3.62. The zero-order valence-electron chi connectivity index (χ0n) is 19.3. The molecule has 0 radical (unpaired) electrons. The topological polar surface area (TPSA) is 118 Å². The summed E-state index contributed by atoms with van der Waals surface area (Å²) in [7, 11) is 0.233. The number of aromatic nitrogens is 3. The molecule has 11 heteroatoms. The summed E-state index contributed by atoms with van der Waals surface area (Å²) in [6.07, 6.45) is 6.01. The lowest BCUT2D eigenvalue weighted by atomic mass is 10.1. The third kappa shape index (κ3) is 4.80. The van der Waals surface area contributed by atoms with Crippen molar-refractivity contribution in [1.29, 1.82) is 5.26 Å². The Morgan fingerprint density at radius 2 is 2.26 bits per heavy atom. The van der Waals surface area contributed by atoms with Gasteiger partial charge in [-0.1, -0.05) is 11.8 Å². The Bertz CT molecular complexity index is 1470. The Balaban J connectivity index is 1.41. The van der Waals surface area contributed by atoms with E-state index in [1.807, 2.05) is 24.3 Å². The van der Waals surface area contributed by atoms with Crippen LogP contribution < -0.4 is 9.64 Å². The van der Waals surface area contributed by atoms with E-state index in [0.29, 0.717) is 43.0 Å². The number of fused-ring (bicyclic) bond motifs is 2. The molecule has 4 heterocycles. The molecule has 1 aromatic carbocycles. The van der Waals surface area contributed by atoms with Gasteiger partial charge in [-0.2, -0.15) is 15.9 Å². The lowest BCUT2D eigenvalue weighted by Gasteiger charge is -2.26. The number of methoxy groups -OCH3 is 1. The average molecular weight is 494 g/mol. The maximum absolute atomic E-state index is 11.4. The van der Waals surface area contributed by atoms with Crippen LogP contribution in [0.4, 0.5) is 5.69 Å². The fourth-order valence-electron chi connectivity index (χ4n) is 4.49. The first-order chi connectivity index (χ1) is 17.2. The van der Waals surface area contributed by atoms with Crippen molar-refractivity contribution in [2.24, 2.45) is 4.36 Å². The molecule has 10 nitrogen and oxygen atoms in total. The number of rotatable bonds is 9. The van der Waals surface area contributed by atoms with E-state index in [-0.39, 0.29) is 5.75 Å². The molecule has 1 aliphatic rings. The molecule has 1 fully saturated rings. The number of nitriles is 1. The molecule has 1 atom stereocenters. The Labute approximate surface area is 204 Å². The summed E-state index contributed by atoms with van der Waals surface area (Å²) in [5, 5.41) is 14.1. The van der Waals surface area contributed by atoms with Crippen molar-refractivity contribution >= 4 is 32.9 Å². The molecule has 0 amide bonds. The average Bonchev–Trinajstić information content (AvgIpc) is 3.59. The monoisotopic (exact) mass is 493 g/mol. The van der Waals surface area contributed by atoms with Crippen molar-refractivity contribution in [3.8, 4) is 23.5 Å². The number of anilines is 1. The molecule has 35 heavy (non-hydrogen) atoms. The molecule has 0 saturated carbocycles. The van der Waals surface area contributed by atoms with Crippen molar-refractivity contribution in [2.75, 3.05) is 37.5 Å². The molecule has 0 bridgehead atoms. The van der Waals surface area contributed by atoms with E-state index in [0.717, 1.165) is 41.7 Å². The molecule has 5 rings (SSSR count). The quantitative estimate of drug-likeness (QED) is 0.194. The van der Waals surface area contributed by atoms with Gasteiger partial charge in [0.1, 0.15) is 11.3 Å². The molecular formula is C24H25N6O4S-. The summed E-state index contributed by atoms with van der Waals surface area (Å²) in [6, 6.07) is 12.1. The van der Waals surface area contributed by atoms with Crippen LogP contribution in [-0.2, 0) is 19.5 Å². The van der Waals surface area contributed by atoms with Gasteiger partial charge < -0.3 is 23.0 Å². The van der Waals surface area contributed by atoms with Gasteiger partial charge in [-0.3, -0.25) is 4.36 Å². The van der Waals surface area contributed by atoms with Crippen LogP contribution in [0, 0.1) is 11.5 Å². The summed E-state index contributed by atoms with van der Waals surface area (Å²) < 4.78 is 33.8. The highest BCUT2D eigenvalue weighted by atomic mass is 32.2. The second-order valence-electron chi connectivity index (χ2n) is 8.25. The fourth-order valence-corrected chi connectivity index (χ4v) is 5.04. The highest BCUT2D eigenvalue weighted by Crippen LogP contribution is 2.37. The first-order valence-electron chi connectivity index (χ1n) is 11.4. The van der Waals surface area contributed by atoms with Gasteiger partial charge in [-0.25, -0.2) is 9.50 Å². The third-order valence-corrected chi connectivity index (χ3v) is 6.95. The predicted molar refractivity (Wildman–Crippen MR) is 132 cm³/mol. The molecule has 0 unspecified atom stereocenters. The van der Waals surface area contributed by atoms with E-state index in [1.165, 1.54) is 0 Å². The minimum absolute atomic E-state index is 0.260. The van der Waals surface area contributed by atoms with Gasteiger partial charge in [0.2, 0.25) is 5.88 Å². The van der Waals surface area contributed by atoms with Crippen molar-refractivity contribution < 1.29 is 18.1 Å². The number of nitrogens with zero attached hydrogens (tertiary/aromatic N) is 6. The van der Waals surface area contributed by atoms with E-state index in [9.17, 15) is 4.21 Å². The van der Waals surface area contributed by atoms with Crippen molar-refractivity contribution in [3.63, 3.8) is 0 Å². The van der Waals surface area contributed by atoms with Gasteiger partial charge in [0.15, 0.2) is 17.6 Å². The van der Waals surface area contributed by atoms with E-state index < -0.39 is 10.6 Å². The van der Waals surface area contributed by atoms with Crippen LogP contribution in [0.15, 0.2) is 51.4 Å². The SMILES string of the molecule is COC[C@H]1CCCN1c1cccc2oc(-c3cnc4ccc(OCCC[S-](=O)=NC#N)nn34)cc12.